The van der Waals surface area contributed by atoms with Gasteiger partial charge in [-0.2, -0.15) is 10.1 Å². The Morgan fingerprint density at radius 3 is 2.60 bits per heavy atom. The Bertz CT molecular complexity index is 1810. The van der Waals surface area contributed by atoms with Crippen LogP contribution >= 0.6 is 0 Å². The highest BCUT2D eigenvalue weighted by atomic mass is 19.1. The van der Waals surface area contributed by atoms with Crippen LogP contribution in [0.1, 0.15) is 53.3 Å². The number of phenolic OH excluding ortho intramolecular Hbond substituents is 1. The van der Waals surface area contributed by atoms with Gasteiger partial charge in [0.05, 0.1) is 24.5 Å². The topological polar surface area (TPSA) is 120 Å². The van der Waals surface area contributed by atoms with E-state index in [1.807, 2.05) is 24.6 Å². The van der Waals surface area contributed by atoms with E-state index in [0.29, 0.717) is 62.8 Å². The molecule has 3 N–H and O–H groups in total. The molecular formula is C33H40FN9O2. The average Bonchev–Trinajstić information content (AvgIpc) is 3.29. The van der Waals surface area contributed by atoms with Crippen LogP contribution in [0.25, 0.3) is 10.8 Å². The second-order valence-corrected chi connectivity index (χ2v) is 13.1. The zero-order valence-electron chi connectivity index (χ0n) is 26.3. The number of aromatic hydroxyl groups is 1. The number of amides is 1. The number of hydrogen-bond acceptors (Lipinski definition) is 9. The molecule has 0 aliphatic carbocycles. The Morgan fingerprint density at radius 2 is 1.87 bits per heavy atom. The predicted octanol–water partition coefficient (Wildman–Crippen LogP) is 3.45. The van der Waals surface area contributed by atoms with Gasteiger partial charge < -0.3 is 30.4 Å². The summed E-state index contributed by atoms with van der Waals surface area (Å²) in [4.78, 5) is 31.1. The summed E-state index contributed by atoms with van der Waals surface area (Å²) in [7, 11) is 3.47. The van der Waals surface area contributed by atoms with E-state index in [1.165, 1.54) is 6.07 Å². The number of anilines is 3. The van der Waals surface area contributed by atoms with E-state index in [0.717, 1.165) is 58.7 Å². The summed E-state index contributed by atoms with van der Waals surface area (Å²) in [6.45, 7) is 8.56. The number of nitrogens with two attached hydrogens (primary N) is 1. The number of nitrogens with zero attached hydrogens (tertiary/aromatic N) is 8. The van der Waals surface area contributed by atoms with E-state index in [2.05, 4.69) is 19.8 Å². The molecule has 0 bridgehead atoms. The van der Waals surface area contributed by atoms with Crippen molar-refractivity contribution in [3.8, 4) is 5.75 Å². The number of benzene rings is 2. The summed E-state index contributed by atoms with van der Waals surface area (Å²) in [5, 5.41) is 16.9. The highest BCUT2D eigenvalue weighted by Crippen LogP contribution is 2.39. The molecule has 4 aromatic rings. The van der Waals surface area contributed by atoms with Gasteiger partial charge in [0.2, 0.25) is 5.95 Å². The number of carbonyl (C=O) groups excluding carboxylic acids is 1. The third-order valence-electron chi connectivity index (χ3n) is 9.18. The molecule has 0 radical (unpaired) electrons. The summed E-state index contributed by atoms with van der Waals surface area (Å²) in [5.74, 6) is 1.35. The van der Waals surface area contributed by atoms with Gasteiger partial charge in [0.15, 0.2) is 5.69 Å². The Morgan fingerprint density at radius 1 is 1.07 bits per heavy atom. The number of fused-ring (bicyclic) bond motifs is 3. The maximum atomic E-state index is 15.0. The summed E-state index contributed by atoms with van der Waals surface area (Å²) in [6.07, 6.45) is 2.09. The maximum absolute atomic E-state index is 15.0. The summed E-state index contributed by atoms with van der Waals surface area (Å²) < 4.78 is 16.9. The normalized spacial score (nSPS) is 17.5. The first-order valence-corrected chi connectivity index (χ1v) is 15.7. The molecule has 7 rings (SSSR count). The van der Waals surface area contributed by atoms with Crippen LogP contribution in [0.4, 0.5) is 21.8 Å². The van der Waals surface area contributed by atoms with Crippen LogP contribution in [-0.4, -0.2) is 81.5 Å². The standard InChI is InChI=1S/C33H40FN9O2/c1-5-23-25(34)8-7-20-13-22(44)15-28(29(20)23)40-12-9-24-27(17-40)36-32(42-18-33(2,35)19-42)37-30(24)41-10-6-11-43-21(16-41)14-26(38-43)31(45)39(3)4/h7-8,13-15,44H,5-6,9-12,16-19,35H2,1-4H3. The number of aryl methyl sites for hydroxylation is 2. The second kappa shape index (κ2) is 10.9. The molecule has 1 amide bonds. The lowest BCUT2D eigenvalue weighted by Gasteiger charge is -2.46. The molecule has 3 aliphatic heterocycles. The molecule has 3 aliphatic rings. The van der Waals surface area contributed by atoms with E-state index in [4.69, 9.17) is 15.7 Å². The van der Waals surface area contributed by atoms with Crippen LogP contribution < -0.4 is 20.4 Å². The van der Waals surface area contributed by atoms with Crippen molar-refractivity contribution in [3.05, 3.63) is 64.4 Å². The summed E-state index contributed by atoms with van der Waals surface area (Å²) >= 11 is 0. The number of halogens is 1. The molecule has 0 spiro atoms. The molecule has 11 nitrogen and oxygen atoms in total. The first kappa shape index (κ1) is 29.3. The molecule has 0 unspecified atom stereocenters. The average molecular weight is 614 g/mol. The Hall–Kier alpha value is -4.45. The highest BCUT2D eigenvalue weighted by molar-refractivity contribution is 5.98. The lowest BCUT2D eigenvalue weighted by Crippen LogP contribution is -2.66. The van der Waals surface area contributed by atoms with Crippen molar-refractivity contribution in [3.63, 3.8) is 0 Å². The first-order chi connectivity index (χ1) is 21.5. The van der Waals surface area contributed by atoms with Gasteiger partial charge in [0.25, 0.3) is 5.91 Å². The van der Waals surface area contributed by atoms with Gasteiger partial charge in [-0.1, -0.05) is 13.0 Å². The molecule has 2 aromatic heterocycles. The zero-order chi connectivity index (χ0) is 31.6. The van der Waals surface area contributed by atoms with Crippen molar-refractivity contribution >= 4 is 34.1 Å². The minimum Gasteiger partial charge on any atom is -0.508 e. The minimum atomic E-state index is -0.295. The molecular weight excluding hydrogens is 573 g/mol. The minimum absolute atomic E-state index is 0.114. The lowest BCUT2D eigenvalue weighted by molar-refractivity contribution is 0.0821. The monoisotopic (exact) mass is 613 g/mol. The number of carbonyl (C=O) groups is 1. The zero-order valence-corrected chi connectivity index (χ0v) is 26.3. The fourth-order valence-electron chi connectivity index (χ4n) is 7.02. The fraction of sp³-hybridized carbons (Fsp3) is 0.455. The fourth-order valence-corrected chi connectivity index (χ4v) is 7.02. The van der Waals surface area contributed by atoms with Crippen molar-refractivity contribution in [1.29, 1.82) is 0 Å². The van der Waals surface area contributed by atoms with E-state index >= 15 is 0 Å². The third kappa shape index (κ3) is 5.20. The Labute approximate surface area is 262 Å². The van der Waals surface area contributed by atoms with Gasteiger partial charge in [-0.3, -0.25) is 9.48 Å². The van der Waals surface area contributed by atoms with Crippen molar-refractivity contribution in [2.24, 2.45) is 5.73 Å². The van der Waals surface area contributed by atoms with Crippen molar-refractivity contribution < 1.29 is 14.3 Å². The third-order valence-corrected chi connectivity index (χ3v) is 9.18. The SMILES string of the molecule is CCc1c(F)ccc2cc(O)cc(N3CCc4c(nc(N5CC(C)(N)C5)nc4N4CCCn5nc(C(=O)N(C)C)cc5C4)C3)c12. The van der Waals surface area contributed by atoms with Crippen LogP contribution in [0.3, 0.4) is 0 Å². The summed E-state index contributed by atoms with van der Waals surface area (Å²) in [6, 6.07) is 8.55. The molecule has 1 fully saturated rings. The molecule has 12 heteroatoms. The van der Waals surface area contributed by atoms with Crippen LogP contribution in [0.2, 0.25) is 0 Å². The number of rotatable bonds is 5. The second-order valence-electron chi connectivity index (χ2n) is 13.1. The molecule has 45 heavy (non-hydrogen) atoms. The number of aromatic nitrogens is 4. The molecule has 2 aromatic carbocycles. The summed E-state index contributed by atoms with van der Waals surface area (Å²) in [5.41, 5.74) is 11.0. The highest BCUT2D eigenvalue weighted by Gasteiger charge is 2.38. The molecule has 0 saturated carbocycles. The van der Waals surface area contributed by atoms with Crippen LogP contribution in [0.5, 0.6) is 5.75 Å². The van der Waals surface area contributed by atoms with Crippen molar-refractivity contribution in [1.82, 2.24) is 24.6 Å². The van der Waals surface area contributed by atoms with E-state index in [9.17, 15) is 14.3 Å². The van der Waals surface area contributed by atoms with Crippen molar-refractivity contribution in [2.75, 3.05) is 55.0 Å². The predicted molar refractivity (Wildman–Crippen MR) is 172 cm³/mol. The molecule has 1 saturated heterocycles. The Balaban J connectivity index is 1.29. The molecule has 236 valence electrons. The van der Waals surface area contributed by atoms with E-state index < -0.39 is 0 Å². The number of phenols is 1. The number of hydrogen-bond donors (Lipinski definition) is 2. The van der Waals surface area contributed by atoms with Gasteiger partial charge in [-0.25, -0.2) is 9.37 Å². The maximum Gasteiger partial charge on any atom is 0.273 e. The Kier molecular flexibility index (Phi) is 7.07. The lowest BCUT2D eigenvalue weighted by atomic mass is 9.94. The first-order valence-electron chi connectivity index (χ1n) is 15.7. The quantitative estimate of drug-likeness (QED) is 0.349. The molecule has 5 heterocycles. The van der Waals surface area contributed by atoms with Gasteiger partial charge in [-0.15, -0.1) is 0 Å². The van der Waals surface area contributed by atoms with Crippen LogP contribution in [0.15, 0.2) is 30.3 Å². The smallest absolute Gasteiger partial charge is 0.273 e. The van der Waals surface area contributed by atoms with Gasteiger partial charge >= 0.3 is 0 Å². The van der Waals surface area contributed by atoms with Crippen molar-refractivity contribution in [2.45, 2.75) is 58.3 Å². The van der Waals surface area contributed by atoms with Gasteiger partial charge in [0.1, 0.15) is 17.4 Å². The van der Waals surface area contributed by atoms with E-state index in [1.54, 1.807) is 37.2 Å². The molecule has 0 atom stereocenters. The van der Waals surface area contributed by atoms with E-state index in [-0.39, 0.29) is 23.0 Å². The van der Waals surface area contributed by atoms with Gasteiger partial charge in [0, 0.05) is 75.1 Å². The van der Waals surface area contributed by atoms with Crippen LogP contribution in [0, 0.1) is 5.82 Å². The largest absolute Gasteiger partial charge is 0.508 e. The van der Waals surface area contributed by atoms with Gasteiger partial charge in [-0.05, 0) is 55.3 Å². The van der Waals surface area contributed by atoms with Crippen LogP contribution in [-0.2, 0) is 32.5 Å².